The van der Waals surface area contributed by atoms with Crippen molar-refractivity contribution in [3.05, 3.63) is 23.2 Å². The van der Waals surface area contributed by atoms with Gasteiger partial charge in [0.25, 0.3) is 0 Å². The lowest BCUT2D eigenvalue weighted by molar-refractivity contribution is -0.128. The van der Waals surface area contributed by atoms with Gasteiger partial charge in [-0.05, 0) is 32.8 Å². The van der Waals surface area contributed by atoms with Gasteiger partial charge in [0, 0.05) is 5.54 Å². The summed E-state index contributed by atoms with van der Waals surface area (Å²) < 4.78 is 10.2. The van der Waals surface area contributed by atoms with Gasteiger partial charge in [0.15, 0.2) is 0 Å². The zero-order valence-corrected chi connectivity index (χ0v) is 14.6. The SMILES string of the molecule is COC(=O)c1cc(CNC(=O)C2CCCCC2(C)N)oc1C.Cl. The summed E-state index contributed by atoms with van der Waals surface area (Å²) in [5.41, 5.74) is 6.16. The molecule has 2 unspecified atom stereocenters. The van der Waals surface area contributed by atoms with Crippen molar-refractivity contribution >= 4 is 24.3 Å². The van der Waals surface area contributed by atoms with Crippen molar-refractivity contribution in [1.82, 2.24) is 5.32 Å². The summed E-state index contributed by atoms with van der Waals surface area (Å²) in [4.78, 5) is 23.9. The van der Waals surface area contributed by atoms with Gasteiger partial charge in [0.2, 0.25) is 5.91 Å². The molecule has 23 heavy (non-hydrogen) atoms. The lowest BCUT2D eigenvalue weighted by Gasteiger charge is -2.37. The molecule has 1 aromatic heterocycles. The predicted octanol–water partition coefficient (Wildman–Crippen LogP) is 2.32. The second kappa shape index (κ2) is 7.84. The normalized spacial score (nSPS) is 23.7. The molecule has 0 bridgehead atoms. The van der Waals surface area contributed by atoms with Crippen LogP contribution in [0.3, 0.4) is 0 Å². The van der Waals surface area contributed by atoms with Crippen LogP contribution in [0.4, 0.5) is 0 Å². The topological polar surface area (TPSA) is 94.6 Å². The Kier molecular flexibility index (Phi) is 6.65. The van der Waals surface area contributed by atoms with Gasteiger partial charge in [0.05, 0.1) is 19.6 Å². The van der Waals surface area contributed by atoms with E-state index in [4.69, 9.17) is 10.2 Å². The second-order valence-corrected chi connectivity index (χ2v) is 6.20. The van der Waals surface area contributed by atoms with Crippen LogP contribution in [0.25, 0.3) is 0 Å². The van der Waals surface area contributed by atoms with Crippen molar-refractivity contribution in [2.75, 3.05) is 7.11 Å². The van der Waals surface area contributed by atoms with E-state index in [-0.39, 0.29) is 30.8 Å². The monoisotopic (exact) mass is 344 g/mol. The number of carbonyl (C=O) groups is 2. The lowest BCUT2D eigenvalue weighted by atomic mass is 9.74. The summed E-state index contributed by atoms with van der Waals surface area (Å²) >= 11 is 0. The first-order valence-corrected chi connectivity index (χ1v) is 7.59. The molecule has 2 rings (SSSR count). The molecule has 1 fully saturated rings. The number of esters is 1. The molecule has 1 aromatic rings. The maximum atomic E-state index is 12.3. The van der Waals surface area contributed by atoms with Gasteiger partial charge in [-0.15, -0.1) is 12.4 Å². The van der Waals surface area contributed by atoms with E-state index in [0.717, 1.165) is 25.7 Å². The molecule has 1 heterocycles. The molecule has 0 aliphatic heterocycles. The maximum absolute atomic E-state index is 12.3. The van der Waals surface area contributed by atoms with Gasteiger partial charge in [-0.25, -0.2) is 4.79 Å². The maximum Gasteiger partial charge on any atom is 0.341 e. The summed E-state index contributed by atoms with van der Waals surface area (Å²) in [6.07, 6.45) is 3.76. The van der Waals surface area contributed by atoms with Crippen LogP contribution in [0.15, 0.2) is 10.5 Å². The number of carbonyl (C=O) groups excluding carboxylic acids is 2. The van der Waals surface area contributed by atoms with Gasteiger partial charge in [-0.1, -0.05) is 12.8 Å². The average molecular weight is 345 g/mol. The van der Waals surface area contributed by atoms with Gasteiger partial charge >= 0.3 is 5.97 Å². The lowest BCUT2D eigenvalue weighted by Crippen LogP contribution is -2.52. The predicted molar refractivity (Wildman–Crippen MR) is 88.4 cm³/mol. The highest BCUT2D eigenvalue weighted by Crippen LogP contribution is 2.31. The molecule has 1 aliphatic rings. The molecule has 0 spiro atoms. The van der Waals surface area contributed by atoms with E-state index in [0.29, 0.717) is 17.1 Å². The molecule has 1 saturated carbocycles. The van der Waals surface area contributed by atoms with Crippen molar-refractivity contribution in [1.29, 1.82) is 0 Å². The number of hydrogen-bond acceptors (Lipinski definition) is 5. The van der Waals surface area contributed by atoms with Gasteiger partial charge in [-0.2, -0.15) is 0 Å². The molecule has 0 aromatic carbocycles. The summed E-state index contributed by atoms with van der Waals surface area (Å²) in [6.45, 7) is 3.86. The van der Waals surface area contributed by atoms with E-state index >= 15 is 0 Å². The Labute approximate surface area is 142 Å². The molecule has 3 N–H and O–H groups in total. The van der Waals surface area contributed by atoms with Crippen LogP contribution >= 0.6 is 12.4 Å². The van der Waals surface area contributed by atoms with Gasteiger partial charge in [-0.3, -0.25) is 4.79 Å². The van der Waals surface area contributed by atoms with E-state index in [1.165, 1.54) is 7.11 Å². The van der Waals surface area contributed by atoms with E-state index in [9.17, 15) is 9.59 Å². The van der Waals surface area contributed by atoms with Crippen molar-refractivity contribution in [2.24, 2.45) is 11.7 Å². The Morgan fingerprint density at radius 1 is 1.48 bits per heavy atom. The largest absolute Gasteiger partial charge is 0.465 e. The minimum absolute atomic E-state index is 0. The fourth-order valence-electron chi connectivity index (χ4n) is 3.03. The Hall–Kier alpha value is -1.53. The highest BCUT2D eigenvalue weighted by Gasteiger charge is 2.37. The quantitative estimate of drug-likeness (QED) is 0.817. The van der Waals surface area contributed by atoms with Crippen molar-refractivity contribution in [3.8, 4) is 0 Å². The number of furan rings is 1. The minimum atomic E-state index is -0.460. The van der Waals surface area contributed by atoms with Crippen LogP contribution in [0.2, 0.25) is 0 Å². The standard InChI is InChI=1S/C16H24N2O4.ClH/c1-10-12(15(20)21-3)8-11(22-10)9-18-14(19)13-6-4-5-7-16(13,2)17;/h8,13H,4-7,9,17H2,1-3H3,(H,18,19);1H. The number of ether oxygens (including phenoxy) is 1. The Balaban J connectivity index is 0.00000264. The number of hydrogen-bond donors (Lipinski definition) is 2. The zero-order valence-electron chi connectivity index (χ0n) is 13.8. The van der Waals surface area contributed by atoms with Crippen LogP contribution in [-0.2, 0) is 16.1 Å². The van der Waals surface area contributed by atoms with E-state index < -0.39 is 11.5 Å². The number of nitrogens with one attached hydrogen (secondary N) is 1. The molecule has 130 valence electrons. The summed E-state index contributed by atoms with van der Waals surface area (Å²) in [7, 11) is 1.32. The van der Waals surface area contributed by atoms with Gasteiger partial charge < -0.3 is 20.2 Å². The third-order valence-corrected chi connectivity index (χ3v) is 4.38. The van der Waals surface area contributed by atoms with Crippen LogP contribution in [0.1, 0.15) is 54.5 Å². The molecular formula is C16H25ClN2O4. The van der Waals surface area contributed by atoms with Crippen LogP contribution in [-0.4, -0.2) is 24.5 Å². The van der Waals surface area contributed by atoms with Gasteiger partial charge in [0.1, 0.15) is 17.1 Å². The average Bonchev–Trinajstić information content (AvgIpc) is 2.84. The Bertz CT molecular complexity index is 568. The zero-order chi connectivity index (χ0) is 16.3. The van der Waals surface area contributed by atoms with Crippen molar-refractivity contribution in [2.45, 2.75) is 51.6 Å². The van der Waals surface area contributed by atoms with Crippen LogP contribution in [0.5, 0.6) is 0 Å². The second-order valence-electron chi connectivity index (χ2n) is 6.20. The van der Waals surface area contributed by atoms with Crippen LogP contribution < -0.4 is 11.1 Å². The van der Waals surface area contributed by atoms with Crippen LogP contribution in [0, 0.1) is 12.8 Å². The number of nitrogens with two attached hydrogens (primary N) is 1. The molecular weight excluding hydrogens is 320 g/mol. The van der Waals surface area contributed by atoms with Crippen molar-refractivity contribution < 1.29 is 18.7 Å². The molecule has 2 atom stereocenters. The Morgan fingerprint density at radius 3 is 2.78 bits per heavy atom. The molecule has 0 radical (unpaired) electrons. The highest BCUT2D eigenvalue weighted by atomic mass is 35.5. The molecule has 7 heteroatoms. The first-order valence-electron chi connectivity index (χ1n) is 7.59. The number of methoxy groups -OCH3 is 1. The van der Waals surface area contributed by atoms with E-state index in [2.05, 4.69) is 10.1 Å². The summed E-state index contributed by atoms with van der Waals surface area (Å²) in [6, 6.07) is 1.60. The molecule has 0 saturated heterocycles. The van der Waals surface area contributed by atoms with Crippen molar-refractivity contribution in [3.63, 3.8) is 0 Å². The third-order valence-electron chi connectivity index (χ3n) is 4.38. The fraction of sp³-hybridized carbons (Fsp3) is 0.625. The first kappa shape index (κ1) is 19.5. The summed E-state index contributed by atoms with van der Waals surface area (Å²) in [5, 5.41) is 2.86. The number of halogens is 1. The molecule has 1 amide bonds. The Morgan fingerprint density at radius 2 is 2.17 bits per heavy atom. The summed E-state index contributed by atoms with van der Waals surface area (Å²) in [5.74, 6) is 0.328. The van der Waals surface area contributed by atoms with E-state index in [1.807, 2.05) is 6.92 Å². The third kappa shape index (κ3) is 4.48. The van der Waals surface area contributed by atoms with E-state index in [1.54, 1.807) is 13.0 Å². The smallest absolute Gasteiger partial charge is 0.341 e. The minimum Gasteiger partial charge on any atom is -0.465 e. The molecule has 6 nitrogen and oxygen atoms in total. The number of rotatable bonds is 4. The first-order chi connectivity index (χ1) is 10.3. The number of amides is 1. The highest BCUT2D eigenvalue weighted by molar-refractivity contribution is 5.90. The fourth-order valence-corrected chi connectivity index (χ4v) is 3.03. The number of aryl methyl sites for hydroxylation is 1. The molecule has 1 aliphatic carbocycles.